The first-order chi connectivity index (χ1) is 14.3. The van der Waals surface area contributed by atoms with Crippen LogP contribution in [0.15, 0.2) is 36.4 Å². The number of nitro benzene ring substituents is 2. The van der Waals surface area contributed by atoms with E-state index in [0.29, 0.717) is 18.1 Å². The minimum atomic E-state index is -1.12. The highest BCUT2D eigenvalue weighted by atomic mass is 32.2. The van der Waals surface area contributed by atoms with Gasteiger partial charge in [0.05, 0.1) is 28.3 Å². The summed E-state index contributed by atoms with van der Waals surface area (Å²) in [5.41, 5.74) is -0.185. The van der Waals surface area contributed by atoms with E-state index in [1.807, 2.05) is 0 Å². The summed E-state index contributed by atoms with van der Waals surface area (Å²) in [5.74, 6) is -0.381. The molecule has 1 saturated heterocycles. The monoisotopic (exact) mass is 435 g/mol. The van der Waals surface area contributed by atoms with Gasteiger partial charge in [-0.25, -0.2) is 0 Å². The highest BCUT2D eigenvalue weighted by Crippen LogP contribution is 2.40. The van der Waals surface area contributed by atoms with Gasteiger partial charge in [0.25, 0.3) is 5.69 Å². The van der Waals surface area contributed by atoms with E-state index in [1.165, 1.54) is 11.8 Å². The number of nitrogens with two attached hydrogens (primary N) is 1. The number of carbonyl (C=O) groups excluding carboxylic acids is 1. The molecule has 0 spiro atoms. The number of carboxylic acid groups (broad SMARTS) is 1. The molecule has 3 rings (SSSR count). The quantitative estimate of drug-likeness (QED) is 0.473. The Balaban J connectivity index is 1.90. The molecular weight excluding hydrogens is 418 g/mol. The number of nitro groups is 2. The molecule has 1 aliphatic heterocycles. The first-order valence-corrected chi connectivity index (χ1v) is 9.90. The Hall–Kier alpha value is -3.38. The fourth-order valence-corrected chi connectivity index (χ4v) is 4.21. The van der Waals surface area contributed by atoms with E-state index >= 15 is 0 Å². The summed E-state index contributed by atoms with van der Waals surface area (Å²) in [4.78, 5) is 31.8. The van der Waals surface area contributed by atoms with Gasteiger partial charge in [0.2, 0.25) is 5.75 Å². The number of rotatable bonds is 8. The second kappa shape index (κ2) is 8.97. The molecule has 0 aromatic heterocycles. The summed E-state index contributed by atoms with van der Waals surface area (Å²) < 4.78 is 11.2. The lowest BCUT2D eigenvalue weighted by molar-refractivity contribution is -0.690. The molecule has 2 aromatic carbocycles. The number of aliphatic carboxylic acids is 1. The molecule has 0 bridgehead atoms. The summed E-state index contributed by atoms with van der Waals surface area (Å²) in [5, 5.41) is 34.8. The van der Waals surface area contributed by atoms with Crippen LogP contribution in [0, 0.1) is 20.2 Å². The summed E-state index contributed by atoms with van der Waals surface area (Å²) in [7, 11) is 0. The number of carboxylic acids is 1. The zero-order valence-electron chi connectivity index (χ0n) is 15.7. The molecule has 2 aromatic rings. The third-order valence-corrected chi connectivity index (χ3v) is 5.67. The third-order valence-electron chi connectivity index (χ3n) is 4.33. The van der Waals surface area contributed by atoms with Gasteiger partial charge in [0, 0.05) is 11.6 Å². The van der Waals surface area contributed by atoms with E-state index < -0.39 is 33.2 Å². The summed E-state index contributed by atoms with van der Waals surface area (Å²) in [6, 6.07) is 7.41. The Kier molecular flexibility index (Phi) is 6.37. The van der Waals surface area contributed by atoms with Crippen LogP contribution < -0.4 is 19.9 Å². The van der Waals surface area contributed by atoms with E-state index in [9.17, 15) is 30.1 Å². The second-order valence-electron chi connectivity index (χ2n) is 6.28. The number of ether oxygens (including phenoxy) is 2. The van der Waals surface area contributed by atoms with Crippen molar-refractivity contribution in [3.8, 4) is 17.2 Å². The Morgan fingerprint density at radius 2 is 1.87 bits per heavy atom. The first kappa shape index (κ1) is 21.3. The Labute approximate surface area is 174 Å². The molecule has 30 heavy (non-hydrogen) atoms. The average molecular weight is 435 g/mol. The molecule has 1 heterocycles. The molecule has 2 unspecified atom stereocenters. The number of hydrogen-bond acceptors (Lipinski definition) is 9. The molecule has 2 N–H and O–H groups in total. The molecule has 11 nitrogen and oxygen atoms in total. The number of carbonyl (C=O) groups is 1. The van der Waals surface area contributed by atoms with Crippen LogP contribution in [0.5, 0.6) is 17.2 Å². The van der Waals surface area contributed by atoms with Gasteiger partial charge in [0.15, 0.2) is 16.9 Å². The highest BCUT2D eigenvalue weighted by molar-refractivity contribution is 7.99. The van der Waals surface area contributed by atoms with Crippen LogP contribution in [-0.4, -0.2) is 34.2 Å². The SMILES string of the molecule is CCOc1cc(C2[NH2+]C(C(=O)[O-])CS2)ccc1Oc1ccc([N+](=O)[O-])cc1[N+](=O)[O-]. The number of quaternary nitrogens is 1. The zero-order valence-corrected chi connectivity index (χ0v) is 16.5. The van der Waals surface area contributed by atoms with Crippen LogP contribution in [0.2, 0.25) is 0 Å². The van der Waals surface area contributed by atoms with Gasteiger partial charge in [-0.05, 0) is 31.2 Å². The minimum absolute atomic E-state index is 0.168. The fourth-order valence-electron chi connectivity index (χ4n) is 2.90. The number of non-ortho nitro benzene ring substituents is 1. The van der Waals surface area contributed by atoms with Crippen molar-refractivity contribution in [2.45, 2.75) is 18.3 Å². The standard InChI is InChI=1S/C18H17N3O8S/c1-2-28-16-7-10(17-19-12(9-30-17)18(22)23)3-5-15(16)29-14-6-4-11(20(24)25)8-13(14)21(26)27/h3-8,12,17,19H,2,9H2,1H3,(H,22,23). The maximum Gasteiger partial charge on any atom is 0.318 e. The molecule has 0 radical (unpaired) electrons. The predicted octanol–water partition coefficient (Wildman–Crippen LogP) is 1.12. The van der Waals surface area contributed by atoms with Gasteiger partial charge in [-0.3, -0.25) is 20.2 Å². The zero-order chi connectivity index (χ0) is 21.8. The maximum atomic E-state index is 11.3. The first-order valence-electron chi connectivity index (χ1n) is 8.85. The van der Waals surface area contributed by atoms with Crippen LogP contribution in [0.1, 0.15) is 17.9 Å². The van der Waals surface area contributed by atoms with Gasteiger partial charge in [-0.2, -0.15) is 0 Å². The van der Waals surface area contributed by atoms with Crippen LogP contribution in [-0.2, 0) is 4.79 Å². The second-order valence-corrected chi connectivity index (χ2v) is 7.45. The lowest BCUT2D eigenvalue weighted by Gasteiger charge is -2.15. The lowest BCUT2D eigenvalue weighted by atomic mass is 10.2. The normalized spacial score (nSPS) is 18.0. The van der Waals surface area contributed by atoms with Crippen molar-refractivity contribution in [1.82, 2.24) is 0 Å². The van der Waals surface area contributed by atoms with Crippen molar-refractivity contribution < 1.29 is 34.5 Å². The number of thioether (sulfide) groups is 1. The average Bonchev–Trinajstić information content (AvgIpc) is 3.20. The van der Waals surface area contributed by atoms with Crippen molar-refractivity contribution >= 4 is 29.1 Å². The number of hydrogen-bond donors (Lipinski definition) is 1. The fraction of sp³-hybridized carbons (Fsp3) is 0.278. The summed E-state index contributed by atoms with van der Waals surface area (Å²) >= 11 is 1.45. The number of benzene rings is 2. The van der Waals surface area contributed by atoms with Crippen molar-refractivity contribution in [3.05, 3.63) is 62.2 Å². The van der Waals surface area contributed by atoms with Gasteiger partial charge < -0.3 is 24.7 Å². The van der Waals surface area contributed by atoms with Gasteiger partial charge in [-0.1, -0.05) is 11.8 Å². The van der Waals surface area contributed by atoms with Crippen molar-refractivity contribution in [1.29, 1.82) is 0 Å². The smallest absolute Gasteiger partial charge is 0.318 e. The van der Waals surface area contributed by atoms with Crippen molar-refractivity contribution in [2.75, 3.05) is 12.4 Å². The molecular formula is C18H17N3O8S. The third kappa shape index (κ3) is 4.60. The molecule has 0 amide bonds. The van der Waals surface area contributed by atoms with E-state index in [1.54, 1.807) is 30.4 Å². The Morgan fingerprint density at radius 1 is 1.13 bits per heavy atom. The topological polar surface area (TPSA) is 161 Å². The Bertz CT molecular complexity index is 999. The van der Waals surface area contributed by atoms with Crippen molar-refractivity contribution in [2.24, 2.45) is 0 Å². The van der Waals surface area contributed by atoms with E-state index in [2.05, 4.69) is 0 Å². The number of nitrogens with zero attached hydrogens (tertiary/aromatic N) is 2. The minimum Gasteiger partial charge on any atom is -0.544 e. The van der Waals surface area contributed by atoms with E-state index in [4.69, 9.17) is 9.47 Å². The molecule has 1 fully saturated rings. The van der Waals surface area contributed by atoms with Crippen LogP contribution in [0.25, 0.3) is 0 Å². The maximum absolute atomic E-state index is 11.3. The molecule has 158 valence electrons. The van der Waals surface area contributed by atoms with Crippen molar-refractivity contribution in [3.63, 3.8) is 0 Å². The molecule has 12 heteroatoms. The van der Waals surface area contributed by atoms with Gasteiger partial charge in [-0.15, -0.1) is 0 Å². The van der Waals surface area contributed by atoms with Gasteiger partial charge in [0.1, 0.15) is 12.0 Å². The van der Waals surface area contributed by atoms with Gasteiger partial charge >= 0.3 is 5.69 Å². The van der Waals surface area contributed by atoms with Crippen LogP contribution in [0.3, 0.4) is 0 Å². The molecule has 2 atom stereocenters. The Morgan fingerprint density at radius 3 is 2.47 bits per heavy atom. The van der Waals surface area contributed by atoms with Crippen LogP contribution in [0.4, 0.5) is 11.4 Å². The molecule has 0 saturated carbocycles. The lowest BCUT2D eigenvalue weighted by Crippen LogP contribution is -2.90. The van der Waals surface area contributed by atoms with E-state index in [0.717, 1.165) is 23.8 Å². The van der Waals surface area contributed by atoms with Crippen LogP contribution >= 0.6 is 11.8 Å². The largest absolute Gasteiger partial charge is 0.544 e. The molecule has 1 aliphatic rings. The summed E-state index contributed by atoms with van der Waals surface area (Å²) in [6.45, 7) is 2.05. The molecule has 0 aliphatic carbocycles. The van der Waals surface area contributed by atoms with E-state index in [-0.39, 0.29) is 16.9 Å². The summed E-state index contributed by atoms with van der Waals surface area (Å²) in [6.07, 6.45) is 0. The highest BCUT2D eigenvalue weighted by Gasteiger charge is 2.31. The predicted molar refractivity (Wildman–Crippen MR) is 103 cm³/mol.